The van der Waals surface area contributed by atoms with Crippen molar-refractivity contribution in [3.63, 3.8) is 0 Å². The van der Waals surface area contributed by atoms with Crippen molar-refractivity contribution in [1.82, 2.24) is 15.0 Å². The molecule has 0 saturated heterocycles. The Balaban J connectivity index is 0.925. The van der Waals surface area contributed by atoms with E-state index in [4.69, 9.17) is 24.4 Å². The van der Waals surface area contributed by atoms with Crippen LogP contribution < -0.4 is 0 Å². The number of rotatable bonds is 9. The Morgan fingerprint density at radius 3 is 1.53 bits per heavy atom. The van der Waals surface area contributed by atoms with Gasteiger partial charge in [-0.15, -0.1) is 0 Å². The molecule has 0 radical (unpaired) electrons. The van der Waals surface area contributed by atoms with Crippen LogP contribution in [0.3, 0.4) is 0 Å². The van der Waals surface area contributed by atoms with Gasteiger partial charge in [-0.2, -0.15) is 0 Å². The average molecular weight is 997 g/mol. The predicted molar refractivity (Wildman–Crippen MR) is 318 cm³/mol. The van der Waals surface area contributed by atoms with Crippen LogP contribution in [0.4, 0.5) is 5.69 Å². The Morgan fingerprint density at radius 1 is 0.372 bits per heavy atom. The number of aliphatic imine (C=N–C) groups is 1. The Labute approximate surface area is 452 Å². The van der Waals surface area contributed by atoms with Crippen LogP contribution in [0.25, 0.3) is 101 Å². The van der Waals surface area contributed by atoms with Gasteiger partial charge in [0.15, 0.2) is 17.5 Å². The van der Waals surface area contributed by atoms with Crippen LogP contribution in [0.5, 0.6) is 0 Å². The van der Waals surface area contributed by atoms with Gasteiger partial charge in [0.2, 0.25) is 0 Å². The summed E-state index contributed by atoms with van der Waals surface area (Å²) >= 11 is 0. The van der Waals surface area contributed by atoms with Crippen molar-refractivity contribution in [3.05, 3.63) is 300 Å². The number of aromatic nitrogens is 3. The topological polar surface area (TPSA) is 64.2 Å². The van der Waals surface area contributed by atoms with Gasteiger partial charge < -0.3 is 4.42 Å². The van der Waals surface area contributed by atoms with Crippen LogP contribution in [-0.4, -0.2) is 20.7 Å². The standard InChI is InChI=1S/C73H48N4O/c1-46(74-67-31-17-11-25-52(67)39-47-19-5-2-6-20-47)54-40-55(50-35-38-69-62(43-50)61-28-14-18-32-68(61)78-69)42-56(41-54)51-33-36-59-57-26-12-15-29-63(57)73(65(59)44-51)64-30-16-13-27-58(64)60-37-34-53(45-66(60)73)72-76-70(48-21-7-3-8-22-48)75-71(77-72)49-23-9-4-10-24-49/h2-38,40-45H,39H2,1H3. The fourth-order valence-corrected chi connectivity index (χ4v) is 12.3. The fourth-order valence-electron chi connectivity index (χ4n) is 12.3. The van der Waals surface area contributed by atoms with Gasteiger partial charge in [-0.25, -0.2) is 15.0 Å². The van der Waals surface area contributed by atoms with Crippen molar-refractivity contribution in [2.45, 2.75) is 18.8 Å². The molecule has 2 aliphatic rings. The summed E-state index contributed by atoms with van der Waals surface area (Å²) in [5.74, 6) is 1.90. The first kappa shape index (κ1) is 45.3. The van der Waals surface area contributed by atoms with E-state index in [0.29, 0.717) is 17.5 Å². The van der Waals surface area contributed by atoms with E-state index in [2.05, 4.69) is 219 Å². The predicted octanol–water partition coefficient (Wildman–Crippen LogP) is 18.2. The molecule has 78 heavy (non-hydrogen) atoms. The third-order valence-corrected chi connectivity index (χ3v) is 16.0. The number of furan rings is 1. The van der Waals surface area contributed by atoms with Crippen molar-refractivity contribution in [1.29, 1.82) is 0 Å². The molecule has 2 heterocycles. The second kappa shape index (κ2) is 18.3. The van der Waals surface area contributed by atoms with Crippen LogP contribution in [0.1, 0.15) is 45.9 Å². The summed E-state index contributed by atoms with van der Waals surface area (Å²) in [7, 11) is 0. The Morgan fingerprint density at radius 2 is 0.859 bits per heavy atom. The molecule has 0 N–H and O–H groups in total. The molecule has 5 nitrogen and oxygen atoms in total. The first-order valence-corrected chi connectivity index (χ1v) is 26.6. The lowest BCUT2D eigenvalue weighted by Crippen LogP contribution is -2.26. The van der Waals surface area contributed by atoms with Gasteiger partial charge in [-0.1, -0.05) is 206 Å². The maximum Gasteiger partial charge on any atom is 0.164 e. The molecular formula is C73H48N4O. The highest BCUT2D eigenvalue weighted by Gasteiger charge is 2.52. The van der Waals surface area contributed by atoms with Gasteiger partial charge in [0.05, 0.1) is 11.1 Å². The normalized spacial score (nSPS) is 14.1. The summed E-state index contributed by atoms with van der Waals surface area (Å²) in [6, 6.07) is 93.3. The largest absolute Gasteiger partial charge is 0.456 e. The monoisotopic (exact) mass is 996 g/mol. The first-order chi connectivity index (χ1) is 38.5. The minimum atomic E-state index is -0.644. The molecule has 366 valence electrons. The smallest absolute Gasteiger partial charge is 0.164 e. The van der Waals surface area contributed by atoms with Crippen molar-refractivity contribution in [2.24, 2.45) is 4.99 Å². The first-order valence-electron chi connectivity index (χ1n) is 26.6. The highest BCUT2D eigenvalue weighted by Crippen LogP contribution is 2.63. The molecule has 0 amide bonds. The summed E-state index contributed by atoms with van der Waals surface area (Å²) < 4.78 is 6.33. The van der Waals surface area contributed by atoms with Gasteiger partial charge >= 0.3 is 0 Å². The quantitative estimate of drug-likeness (QED) is 0.135. The molecule has 1 atom stereocenters. The Kier molecular flexibility index (Phi) is 10.6. The van der Waals surface area contributed by atoms with E-state index in [0.717, 1.165) is 84.3 Å². The molecule has 0 saturated carbocycles. The van der Waals surface area contributed by atoms with E-state index in [9.17, 15) is 0 Å². The number of benzene rings is 11. The van der Waals surface area contributed by atoms with Gasteiger partial charge in [-0.05, 0) is 151 Å². The minimum Gasteiger partial charge on any atom is -0.456 e. The van der Waals surface area contributed by atoms with Crippen LogP contribution in [0.2, 0.25) is 0 Å². The minimum absolute atomic E-state index is 0.627. The average Bonchev–Trinajstić information content (AvgIpc) is 3.05. The molecule has 0 fully saturated rings. The van der Waals surface area contributed by atoms with Crippen molar-refractivity contribution in [2.75, 3.05) is 0 Å². The molecule has 1 unspecified atom stereocenters. The van der Waals surface area contributed by atoms with E-state index in [-0.39, 0.29) is 0 Å². The lowest BCUT2D eigenvalue weighted by Gasteiger charge is -2.31. The Hall–Kier alpha value is -10.1. The van der Waals surface area contributed by atoms with Crippen LogP contribution >= 0.6 is 0 Å². The second-order valence-electron chi connectivity index (χ2n) is 20.5. The van der Waals surface area contributed by atoms with Crippen molar-refractivity contribution < 1.29 is 4.42 Å². The molecule has 1 spiro atoms. The molecule has 13 aromatic rings. The zero-order valence-corrected chi connectivity index (χ0v) is 42.7. The van der Waals surface area contributed by atoms with Crippen LogP contribution in [0.15, 0.2) is 270 Å². The van der Waals surface area contributed by atoms with Crippen LogP contribution in [0, 0.1) is 0 Å². The molecule has 2 aromatic heterocycles. The number of nitrogens with zero attached hydrogens (tertiary/aromatic N) is 4. The van der Waals surface area contributed by atoms with Gasteiger partial charge in [0.1, 0.15) is 11.2 Å². The number of hydrogen-bond donors (Lipinski definition) is 0. The van der Waals surface area contributed by atoms with E-state index >= 15 is 0 Å². The summed E-state index contributed by atoms with van der Waals surface area (Å²) in [5, 5.41) is 2.20. The maximum absolute atomic E-state index is 6.33. The SMILES string of the molecule is CC(=Nc1ccccc1Cc1ccccc1)c1cc(-c2ccc3c(c2)C2(c4ccccc4-3)c3ccccc3-c3ccc(-c4nc(-c5ccccc5)nc(-c5ccccc5)n4)cc32)cc(-c2ccc3oc4ccccc4c3c2)c1. The molecule has 15 rings (SSSR count). The lowest BCUT2D eigenvalue weighted by atomic mass is 9.70. The molecule has 0 bridgehead atoms. The molecule has 11 aromatic carbocycles. The maximum atomic E-state index is 6.33. The third-order valence-electron chi connectivity index (χ3n) is 16.0. The van der Waals surface area contributed by atoms with Crippen molar-refractivity contribution >= 4 is 33.3 Å². The van der Waals surface area contributed by atoms with Gasteiger partial charge in [0.25, 0.3) is 0 Å². The summed E-state index contributed by atoms with van der Waals surface area (Å²) in [6.07, 6.45) is 0.795. The Bertz CT molecular complexity index is 4470. The summed E-state index contributed by atoms with van der Waals surface area (Å²) in [4.78, 5) is 20.9. The third kappa shape index (κ3) is 7.46. The summed E-state index contributed by atoms with van der Waals surface area (Å²) in [5.41, 5.74) is 23.6. The van der Waals surface area contributed by atoms with E-state index in [1.807, 2.05) is 48.5 Å². The number of hydrogen-bond acceptors (Lipinski definition) is 5. The highest BCUT2D eigenvalue weighted by atomic mass is 16.3. The van der Waals surface area contributed by atoms with Crippen LogP contribution in [-0.2, 0) is 11.8 Å². The second-order valence-corrected chi connectivity index (χ2v) is 20.5. The summed E-state index contributed by atoms with van der Waals surface area (Å²) in [6.45, 7) is 2.14. The zero-order valence-electron chi connectivity index (χ0n) is 42.7. The number of fused-ring (bicyclic) bond motifs is 13. The molecule has 5 heteroatoms. The van der Waals surface area contributed by atoms with E-state index in [1.165, 1.54) is 55.6 Å². The number of para-hydroxylation sites is 2. The highest BCUT2D eigenvalue weighted by molar-refractivity contribution is 6.07. The molecular weight excluding hydrogens is 949 g/mol. The van der Waals surface area contributed by atoms with Gasteiger partial charge in [-0.3, -0.25) is 4.99 Å². The van der Waals surface area contributed by atoms with Crippen molar-refractivity contribution in [3.8, 4) is 78.7 Å². The molecule has 2 aliphatic carbocycles. The van der Waals surface area contributed by atoms with E-state index < -0.39 is 5.41 Å². The lowest BCUT2D eigenvalue weighted by molar-refractivity contribution is 0.669. The fraction of sp³-hybridized carbons (Fsp3) is 0.0411. The molecule has 0 aliphatic heterocycles. The van der Waals surface area contributed by atoms with Gasteiger partial charge in [0, 0.05) is 33.2 Å². The van der Waals surface area contributed by atoms with E-state index in [1.54, 1.807) is 0 Å². The zero-order chi connectivity index (χ0) is 51.7.